The van der Waals surface area contributed by atoms with E-state index in [9.17, 15) is 0 Å². The fourth-order valence-corrected chi connectivity index (χ4v) is 0.640. The summed E-state index contributed by atoms with van der Waals surface area (Å²) >= 11 is 0. The molecule has 0 aromatic carbocycles. The molecule has 0 N–H and O–H groups in total. The lowest BCUT2D eigenvalue weighted by atomic mass is 10.3. The van der Waals surface area contributed by atoms with Gasteiger partial charge in [-0.2, -0.15) is 0 Å². The Hall–Kier alpha value is -1.11. The van der Waals surface area contributed by atoms with Crippen molar-refractivity contribution in [2.45, 2.75) is 6.92 Å². The van der Waals surface area contributed by atoms with Gasteiger partial charge >= 0.3 is 12.5 Å². The molecule has 0 aliphatic carbocycles. The van der Waals surface area contributed by atoms with Gasteiger partial charge in [-0.25, -0.2) is 4.42 Å². The number of hydrogen-bond donors (Lipinski definition) is 0. The standard InChI is InChI=1S/C8H9O/c1-2-3-8-4-6-9-7-5-8/h2-7H,1H3/q+1/b3-2+. The predicted octanol–water partition coefficient (Wildman–Crippen LogP) is 2.59. The molecule has 1 aromatic rings. The van der Waals surface area contributed by atoms with E-state index in [1.54, 1.807) is 12.5 Å². The van der Waals surface area contributed by atoms with E-state index < -0.39 is 0 Å². The van der Waals surface area contributed by atoms with E-state index in [2.05, 4.69) is 0 Å². The van der Waals surface area contributed by atoms with E-state index in [0.717, 1.165) is 0 Å². The molecule has 0 bridgehead atoms. The molecular formula is C8H9O+. The monoisotopic (exact) mass is 121 g/mol. The minimum absolute atomic E-state index is 1.17. The highest BCUT2D eigenvalue weighted by atomic mass is 16.3. The molecule has 0 fully saturated rings. The van der Waals surface area contributed by atoms with Gasteiger partial charge in [0.05, 0.1) is 0 Å². The van der Waals surface area contributed by atoms with Crippen molar-refractivity contribution in [2.75, 3.05) is 0 Å². The third-order valence-electron chi connectivity index (χ3n) is 1.04. The van der Waals surface area contributed by atoms with Crippen LogP contribution in [0.15, 0.2) is 35.2 Å². The van der Waals surface area contributed by atoms with E-state index in [1.807, 2.05) is 31.2 Å². The molecule has 1 aromatic heterocycles. The molecule has 0 radical (unpaired) electrons. The Kier molecular flexibility index (Phi) is 2.02. The van der Waals surface area contributed by atoms with Crippen LogP contribution in [0, 0.1) is 0 Å². The third kappa shape index (κ3) is 1.68. The maximum absolute atomic E-state index is 4.83. The Labute approximate surface area is 54.6 Å². The van der Waals surface area contributed by atoms with Crippen LogP contribution in [0.5, 0.6) is 0 Å². The zero-order chi connectivity index (χ0) is 6.53. The summed E-state index contributed by atoms with van der Waals surface area (Å²) in [6, 6.07) is 3.83. The summed E-state index contributed by atoms with van der Waals surface area (Å²) < 4.78 is 4.83. The van der Waals surface area contributed by atoms with Gasteiger partial charge in [-0.05, 0) is 12.5 Å². The number of rotatable bonds is 1. The summed E-state index contributed by atoms with van der Waals surface area (Å²) in [5.41, 5.74) is 1.17. The van der Waals surface area contributed by atoms with Crippen molar-refractivity contribution in [1.82, 2.24) is 0 Å². The zero-order valence-corrected chi connectivity index (χ0v) is 5.37. The highest BCUT2D eigenvalue weighted by Gasteiger charge is 1.87. The van der Waals surface area contributed by atoms with Crippen molar-refractivity contribution < 1.29 is 4.42 Å². The molecule has 1 rings (SSSR count). The molecule has 0 aliphatic heterocycles. The Morgan fingerprint density at radius 3 is 2.56 bits per heavy atom. The van der Waals surface area contributed by atoms with Crippen molar-refractivity contribution in [3.63, 3.8) is 0 Å². The molecule has 0 aliphatic rings. The maximum atomic E-state index is 4.83. The molecular weight excluding hydrogens is 112 g/mol. The van der Waals surface area contributed by atoms with Crippen molar-refractivity contribution in [3.05, 3.63) is 36.3 Å². The quantitative estimate of drug-likeness (QED) is 0.520. The molecule has 46 valence electrons. The lowest BCUT2D eigenvalue weighted by Gasteiger charge is -1.79. The highest BCUT2D eigenvalue weighted by Crippen LogP contribution is 1.99. The highest BCUT2D eigenvalue weighted by molar-refractivity contribution is 5.46. The lowest BCUT2D eigenvalue weighted by Crippen LogP contribution is -1.65. The van der Waals surface area contributed by atoms with Crippen LogP contribution < -0.4 is 0 Å². The Balaban J connectivity index is 2.85. The normalized spacial score (nSPS) is 10.3. The summed E-state index contributed by atoms with van der Waals surface area (Å²) in [6.07, 6.45) is 7.34. The maximum Gasteiger partial charge on any atom is 0.318 e. The van der Waals surface area contributed by atoms with Gasteiger partial charge in [0, 0.05) is 12.1 Å². The van der Waals surface area contributed by atoms with Gasteiger partial charge in [-0.1, -0.05) is 12.2 Å². The molecule has 9 heavy (non-hydrogen) atoms. The first-order valence-electron chi connectivity index (χ1n) is 2.91. The van der Waals surface area contributed by atoms with Gasteiger partial charge in [0.15, 0.2) is 0 Å². The van der Waals surface area contributed by atoms with Gasteiger partial charge in [0.25, 0.3) is 0 Å². The Morgan fingerprint density at radius 2 is 2.00 bits per heavy atom. The topological polar surface area (TPSA) is 11.3 Å². The van der Waals surface area contributed by atoms with Crippen molar-refractivity contribution in [2.24, 2.45) is 0 Å². The molecule has 0 amide bonds. The van der Waals surface area contributed by atoms with Crippen LogP contribution in [0.2, 0.25) is 0 Å². The molecule has 0 atom stereocenters. The first-order chi connectivity index (χ1) is 4.43. The second-order valence-corrected chi connectivity index (χ2v) is 1.74. The lowest BCUT2D eigenvalue weighted by molar-refractivity contribution is 0.550. The van der Waals surface area contributed by atoms with Gasteiger partial charge in [0.1, 0.15) is 0 Å². The average molecular weight is 121 g/mol. The van der Waals surface area contributed by atoms with E-state index in [0.29, 0.717) is 0 Å². The SMILES string of the molecule is C/C=C/c1cc[o+]cc1. The number of allylic oxidation sites excluding steroid dienone is 1. The molecule has 1 heterocycles. The predicted molar refractivity (Wildman–Crippen MR) is 37.8 cm³/mol. The van der Waals surface area contributed by atoms with Crippen LogP contribution in [0.25, 0.3) is 6.08 Å². The largest absolute Gasteiger partial charge is 0.318 e. The van der Waals surface area contributed by atoms with Crippen molar-refractivity contribution in [3.8, 4) is 0 Å². The first kappa shape index (κ1) is 6.02. The molecule has 0 saturated heterocycles. The fourth-order valence-electron chi connectivity index (χ4n) is 0.640. The molecule has 0 spiro atoms. The summed E-state index contributed by atoms with van der Waals surface area (Å²) in [5, 5.41) is 0. The molecule has 1 nitrogen and oxygen atoms in total. The van der Waals surface area contributed by atoms with Crippen LogP contribution in [0.4, 0.5) is 0 Å². The minimum Gasteiger partial charge on any atom is -0.224 e. The summed E-state index contributed by atoms with van der Waals surface area (Å²) in [7, 11) is 0. The van der Waals surface area contributed by atoms with Crippen molar-refractivity contribution in [1.29, 1.82) is 0 Å². The first-order valence-corrected chi connectivity index (χ1v) is 2.91. The summed E-state index contributed by atoms with van der Waals surface area (Å²) in [6.45, 7) is 1.99. The van der Waals surface area contributed by atoms with E-state index in [4.69, 9.17) is 4.42 Å². The zero-order valence-electron chi connectivity index (χ0n) is 5.37. The second kappa shape index (κ2) is 3.02. The summed E-state index contributed by atoms with van der Waals surface area (Å²) in [5.74, 6) is 0. The minimum atomic E-state index is 1.17. The van der Waals surface area contributed by atoms with E-state index in [1.165, 1.54) is 5.56 Å². The van der Waals surface area contributed by atoms with Crippen LogP contribution in [0.1, 0.15) is 12.5 Å². The van der Waals surface area contributed by atoms with Gasteiger partial charge in [-0.3, -0.25) is 0 Å². The van der Waals surface area contributed by atoms with Crippen LogP contribution in [-0.2, 0) is 0 Å². The molecule has 0 saturated carbocycles. The van der Waals surface area contributed by atoms with Gasteiger partial charge in [0.2, 0.25) is 0 Å². The molecule has 1 heteroatoms. The van der Waals surface area contributed by atoms with E-state index in [-0.39, 0.29) is 0 Å². The van der Waals surface area contributed by atoms with Gasteiger partial charge in [-0.15, -0.1) is 0 Å². The van der Waals surface area contributed by atoms with Crippen LogP contribution >= 0.6 is 0 Å². The van der Waals surface area contributed by atoms with Crippen molar-refractivity contribution >= 4 is 6.08 Å². The second-order valence-electron chi connectivity index (χ2n) is 1.74. The Bertz CT molecular complexity index is 189. The van der Waals surface area contributed by atoms with Crippen LogP contribution in [0.3, 0.4) is 0 Å². The van der Waals surface area contributed by atoms with Gasteiger partial charge < -0.3 is 0 Å². The average Bonchev–Trinajstić information content (AvgIpc) is 1.91. The van der Waals surface area contributed by atoms with Crippen LogP contribution in [-0.4, -0.2) is 0 Å². The molecule has 0 unspecified atom stereocenters. The smallest absolute Gasteiger partial charge is 0.224 e. The number of hydrogen-bond acceptors (Lipinski definition) is 0. The van der Waals surface area contributed by atoms with E-state index >= 15 is 0 Å². The summed E-state index contributed by atoms with van der Waals surface area (Å²) in [4.78, 5) is 0. The fraction of sp³-hybridized carbons (Fsp3) is 0.125. The third-order valence-corrected chi connectivity index (χ3v) is 1.04. The Morgan fingerprint density at radius 1 is 1.33 bits per heavy atom.